The van der Waals surface area contributed by atoms with Crippen molar-refractivity contribution >= 4 is 6.03 Å². The van der Waals surface area contributed by atoms with E-state index >= 15 is 0 Å². The number of hydrogen-bond donors (Lipinski definition) is 1. The Bertz CT molecular complexity index is 919. The Labute approximate surface area is 184 Å². The van der Waals surface area contributed by atoms with Gasteiger partial charge in [-0.2, -0.15) is 0 Å². The molecule has 0 spiro atoms. The van der Waals surface area contributed by atoms with E-state index in [1.807, 2.05) is 23.1 Å². The summed E-state index contributed by atoms with van der Waals surface area (Å²) in [4.78, 5) is 18.1. The maximum atomic E-state index is 13.6. The van der Waals surface area contributed by atoms with Crippen molar-refractivity contribution in [2.45, 2.75) is 56.5 Å². The van der Waals surface area contributed by atoms with Crippen molar-refractivity contribution in [2.75, 3.05) is 26.2 Å². The quantitative estimate of drug-likeness (QED) is 0.746. The third-order valence-corrected chi connectivity index (χ3v) is 7.52. The molecule has 2 heterocycles. The molecule has 1 atom stereocenters. The third kappa shape index (κ3) is 4.20. The first-order valence-corrected chi connectivity index (χ1v) is 11.8. The van der Waals surface area contributed by atoms with Gasteiger partial charge in [0.15, 0.2) is 0 Å². The fraction of sp³-hybridized carbons (Fsp3) is 0.500. The van der Waals surface area contributed by atoms with Gasteiger partial charge in [0.1, 0.15) is 5.82 Å². The molecule has 1 N–H and O–H groups in total. The average Bonchev–Trinajstić information content (AvgIpc) is 3.29. The first-order valence-electron chi connectivity index (χ1n) is 11.8. The Balaban J connectivity index is 1.37. The van der Waals surface area contributed by atoms with Crippen LogP contribution in [0.25, 0.3) is 0 Å². The van der Waals surface area contributed by atoms with E-state index < -0.39 is 0 Å². The molecular weight excluding hydrogens is 389 g/mol. The number of carbonyl (C=O) groups is 1. The highest BCUT2D eigenvalue weighted by atomic mass is 19.1. The number of amides is 2. The van der Waals surface area contributed by atoms with Crippen LogP contribution >= 0.6 is 0 Å². The Kier molecular flexibility index (Phi) is 5.70. The number of rotatable bonds is 5. The van der Waals surface area contributed by atoms with Gasteiger partial charge in [-0.05, 0) is 86.9 Å². The van der Waals surface area contributed by atoms with Crippen molar-refractivity contribution in [3.05, 3.63) is 71.0 Å². The number of urea groups is 1. The number of benzene rings is 2. The van der Waals surface area contributed by atoms with Crippen LogP contribution in [0.4, 0.5) is 9.18 Å². The van der Waals surface area contributed by atoms with Gasteiger partial charge < -0.3 is 15.1 Å². The summed E-state index contributed by atoms with van der Waals surface area (Å²) in [6.45, 7) is 4.14. The highest BCUT2D eigenvalue weighted by Gasteiger charge is 2.41. The Morgan fingerprint density at radius 2 is 1.74 bits per heavy atom. The summed E-state index contributed by atoms with van der Waals surface area (Å²) in [5.74, 6) is -0.251. The molecule has 2 aromatic carbocycles. The van der Waals surface area contributed by atoms with E-state index in [9.17, 15) is 9.18 Å². The van der Waals surface area contributed by atoms with E-state index in [-0.39, 0.29) is 23.4 Å². The van der Waals surface area contributed by atoms with Crippen LogP contribution in [0.15, 0.2) is 48.5 Å². The van der Waals surface area contributed by atoms with E-state index in [1.165, 1.54) is 50.0 Å². The second-order valence-electron chi connectivity index (χ2n) is 9.46. The maximum Gasteiger partial charge on any atom is 0.318 e. The van der Waals surface area contributed by atoms with Gasteiger partial charge >= 0.3 is 6.03 Å². The molecule has 1 saturated heterocycles. The number of nitrogens with zero attached hydrogens (tertiary/aromatic N) is 2. The molecule has 164 valence electrons. The van der Waals surface area contributed by atoms with Crippen LogP contribution < -0.4 is 5.32 Å². The molecule has 3 aliphatic rings. The molecule has 4 nitrogen and oxygen atoms in total. The Morgan fingerprint density at radius 1 is 1.00 bits per heavy atom. The molecule has 0 bridgehead atoms. The summed E-state index contributed by atoms with van der Waals surface area (Å²) >= 11 is 0. The second-order valence-corrected chi connectivity index (χ2v) is 9.46. The SMILES string of the molecule is O=C(NC1(CCN2CCCC2)CCC1)N1CCc2ccccc2[C@@H]1c1ccc(F)cc1. The first-order chi connectivity index (χ1) is 15.1. The van der Waals surface area contributed by atoms with Crippen molar-refractivity contribution in [3.63, 3.8) is 0 Å². The number of nitrogens with one attached hydrogen (secondary N) is 1. The number of fused-ring (bicyclic) bond motifs is 1. The normalized spacial score (nSPS) is 22.6. The predicted octanol–water partition coefficient (Wildman–Crippen LogP) is 4.89. The van der Waals surface area contributed by atoms with Gasteiger partial charge in [-0.1, -0.05) is 36.4 Å². The van der Waals surface area contributed by atoms with Gasteiger partial charge in [-0.3, -0.25) is 0 Å². The van der Waals surface area contributed by atoms with Crippen molar-refractivity contribution in [2.24, 2.45) is 0 Å². The largest absolute Gasteiger partial charge is 0.332 e. The van der Waals surface area contributed by atoms with Crippen molar-refractivity contribution in [1.29, 1.82) is 0 Å². The lowest BCUT2D eigenvalue weighted by atomic mass is 9.74. The molecule has 2 aliphatic heterocycles. The molecule has 5 heteroatoms. The standard InChI is InChI=1S/C26H32FN3O/c27-22-10-8-21(9-11-22)24-23-7-2-1-6-20(23)12-18-30(24)25(31)28-26(13-5-14-26)15-19-29-16-3-4-17-29/h1-2,6-11,24H,3-5,12-19H2,(H,28,31)/t24-/m0/s1. The molecule has 1 aliphatic carbocycles. The molecule has 0 unspecified atom stereocenters. The van der Waals surface area contributed by atoms with Gasteiger partial charge in [0.2, 0.25) is 0 Å². The van der Waals surface area contributed by atoms with E-state index in [4.69, 9.17) is 0 Å². The molecule has 1 saturated carbocycles. The average molecular weight is 422 g/mol. The van der Waals surface area contributed by atoms with Crippen LogP contribution in [-0.2, 0) is 6.42 Å². The minimum atomic E-state index is -0.251. The summed E-state index contributed by atoms with van der Waals surface area (Å²) in [5.41, 5.74) is 3.32. The lowest BCUT2D eigenvalue weighted by molar-refractivity contribution is 0.124. The van der Waals surface area contributed by atoms with Gasteiger partial charge in [-0.15, -0.1) is 0 Å². The van der Waals surface area contributed by atoms with E-state index in [0.29, 0.717) is 6.54 Å². The van der Waals surface area contributed by atoms with E-state index in [1.54, 1.807) is 0 Å². The van der Waals surface area contributed by atoms with Gasteiger partial charge in [0.25, 0.3) is 0 Å². The van der Waals surface area contributed by atoms with Crippen molar-refractivity contribution in [3.8, 4) is 0 Å². The molecule has 2 fully saturated rings. The molecular formula is C26H32FN3O. The number of likely N-dealkylation sites (tertiary alicyclic amines) is 1. The maximum absolute atomic E-state index is 13.6. The summed E-state index contributed by atoms with van der Waals surface area (Å²) in [6, 6.07) is 14.8. The molecule has 2 amide bonds. The third-order valence-electron chi connectivity index (χ3n) is 7.52. The summed E-state index contributed by atoms with van der Waals surface area (Å²) in [5, 5.41) is 3.45. The monoisotopic (exact) mass is 421 g/mol. The van der Waals surface area contributed by atoms with Gasteiger partial charge in [0, 0.05) is 18.6 Å². The van der Waals surface area contributed by atoms with Crippen LogP contribution in [0, 0.1) is 5.82 Å². The zero-order chi connectivity index (χ0) is 21.3. The Hall–Kier alpha value is -2.40. The van der Waals surface area contributed by atoms with Crippen LogP contribution in [0.1, 0.15) is 61.3 Å². The summed E-state index contributed by atoms with van der Waals surface area (Å²) in [7, 11) is 0. The zero-order valence-corrected chi connectivity index (χ0v) is 18.2. The zero-order valence-electron chi connectivity index (χ0n) is 18.2. The molecule has 0 radical (unpaired) electrons. The molecule has 2 aromatic rings. The van der Waals surface area contributed by atoms with E-state index in [2.05, 4.69) is 28.4 Å². The van der Waals surface area contributed by atoms with Crippen LogP contribution in [0.2, 0.25) is 0 Å². The van der Waals surface area contributed by atoms with Crippen LogP contribution in [0.3, 0.4) is 0 Å². The fourth-order valence-corrected chi connectivity index (χ4v) is 5.51. The summed E-state index contributed by atoms with van der Waals surface area (Å²) in [6.07, 6.45) is 7.80. The molecule has 31 heavy (non-hydrogen) atoms. The van der Waals surface area contributed by atoms with Crippen molar-refractivity contribution < 1.29 is 9.18 Å². The van der Waals surface area contributed by atoms with Gasteiger partial charge in [0.05, 0.1) is 6.04 Å². The lowest BCUT2D eigenvalue weighted by Gasteiger charge is -2.46. The summed E-state index contributed by atoms with van der Waals surface area (Å²) < 4.78 is 13.6. The minimum absolute atomic E-state index is 0.0185. The number of halogens is 1. The van der Waals surface area contributed by atoms with E-state index in [0.717, 1.165) is 43.4 Å². The number of hydrogen-bond acceptors (Lipinski definition) is 2. The fourth-order valence-electron chi connectivity index (χ4n) is 5.51. The smallest absolute Gasteiger partial charge is 0.318 e. The van der Waals surface area contributed by atoms with Crippen LogP contribution in [0.5, 0.6) is 0 Å². The van der Waals surface area contributed by atoms with Crippen molar-refractivity contribution in [1.82, 2.24) is 15.1 Å². The molecule has 5 rings (SSSR count). The second kappa shape index (κ2) is 8.62. The van der Waals surface area contributed by atoms with Gasteiger partial charge in [-0.25, -0.2) is 9.18 Å². The molecule has 0 aromatic heterocycles. The Morgan fingerprint density at radius 3 is 2.45 bits per heavy atom. The number of carbonyl (C=O) groups excluding carboxylic acids is 1. The highest BCUT2D eigenvalue weighted by Crippen LogP contribution is 2.38. The topological polar surface area (TPSA) is 35.6 Å². The minimum Gasteiger partial charge on any atom is -0.332 e. The first kappa shape index (κ1) is 20.5. The lowest BCUT2D eigenvalue weighted by Crippen LogP contribution is -2.59. The highest BCUT2D eigenvalue weighted by molar-refractivity contribution is 5.77. The predicted molar refractivity (Wildman–Crippen MR) is 120 cm³/mol. The van der Waals surface area contributed by atoms with Crippen LogP contribution in [-0.4, -0.2) is 47.5 Å².